The van der Waals surface area contributed by atoms with E-state index >= 15 is 0 Å². The fraction of sp³-hybridized carbons (Fsp3) is 0.647. The summed E-state index contributed by atoms with van der Waals surface area (Å²) in [5.74, 6) is 0.875. The van der Waals surface area contributed by atoms with Gasteiger partial charge in [-0.1, -0.05) is 6.92 Å². The first kappa shape index (κ1) is 14.3. The zero-order valence-corrected chi connectivity index (χ0v) is 12.9. The van der Waals surface area contributed by atoms with Gasteiger partial charge in [-0.3, -0.25) is 0 Å². The van der Waals surface area contributed by atoms with Crippen LogP contribution >= 0.6 is 0 Å². The van der Waals surface area contributed by atoms with E-state index in [1.807, 2.05) is 0 Å². The van der Waals surface area contributed by atoms with Gasteiger partial charge in [0, 0.05) is 12.2 Å². The Labute approximate surface area is 126 Å². The van der Waals surface area contributed by atoms with Crippen molar-refractivity contribution in [2.45, 2.75) is 58.1 Å². The van der Waals surface area contributed by atoms with Gasteiger partial charge in [0.2, 0.25) is 0 Å². The fourth-order valence-electron chi connectivity index (χ4n) is 3.37. The lowest BCUT2D eigenvalue weighted by atomic mass is 9.94. The number of rotatable bonds is 2. The van der Waals surface area contributed by atoms with Crippen molar-refractivity contribution in [1.29, 1.82) is 5.26 Å². The number of pyridine rings is 1. The summed E-state index contributed by atoms with van der Waals surface area (Å²) < 4.78 is 5.77. The van der Waals surface area contributed by atoms with Crippen molar-refractivity contribution >= 4 is 5.82 Å². The lowest BCUT2D eigenvalue weighted by Gasteiger charge is -2.39. The molecular weight excluding hydrogens is 262 g/mol. The van der Waals surface area contributed by atoms with Crippen LogP contribution in [0.15, 0.2) is 6.07 Å². The Morgan fingerprint density at radius 1 is 1.43 bits per heavy atom. The van der Waals surface area contributed by atoms with Crippen LogP contribution in [-0.4, -0.2) is 30.3 Å². The molecule has 0 N–H and O–H groups in total. The lowest BCUT2D eigenvalue weighted by molar-refractivity contribution is 0.0296. The lowest BCUT2D eigenvalue weighted by Crippen LogP contribution is -2.49. The minimum Gasteiger partial charge on any atom is -0.375 e. The molecule has 4 nitrogen and oxygen atoms in total. The van der Waals surface area contributed by atoms with E-state index in [9.17, 15) is 5.26 Å². The largest absolute Gasteiger partial charge is 0.375 e. The fourth-order valence-corrected chi connectivity index (χ4v) is 3.37. The highest BCUT2D eigenvalue weighted by Crippen LogP contribution is 2.29. The molecule has 2 aliphatic rings. The number of nitriles is 1. The van der Waals surface area contributed by atoms with Crippen molar-refractivity contribution in [2.24, 2.45) is 0 Å². The Hall–Kier alpha value is -1.60. The van der Waals surface area contributed by atoms with E-state index in [0.29, 0.717) is 6.04 Å². The van der Waals surface area contributed by atoms with Gasteiger partial charge >= 0.3 is 0 Å². The van der Waals surface area contributed by atoms with Crippen molar-refractivity contribution in [3.8, 4) is 6.07 Å². The van der Waals surface area contributed by atoms with Gasteiger partial charge in [0.05, 0.1) is 24.3 Å². The monoisotopic (exact) mass is 285 g/mol. The molecule has 2 atom stereocenters. The van der Waals surface area contributed by atoms with Crippen LogP contribution in [-0.2, 0) is 17.6 Å². The van der Waals surface area contributed by atoms with Crippen molar-refractivity contribution in [2.75, 3.05) is 18.1 Å². The molecule has 1 aliphatic heterocycles. The average Bonchev–Trinajstić information content (AvgIpc) is 2.53. The molecule has 4 heteroatoms. The smallest absolute Gasteiger partial charge is 0.147 e. The van der Waals surface area contributed by atoms with E-state index in [2.05, 4.69) is 30.9 Å². The molecule has 0 amide bonds. The van der Waals surface area contributed by atoms with Crippen LogP contribution in [0.2, 0.25) is 0 Å². The van der Waals surface area contributed by atoms with Gasteiger partial charge in [-0.25, -0.2) is 4.98 Å². The molecule has 1 aliphatic carbocycles. The Morgan fingerprint density at radius 2 is 2.24 bits per heavy atom. The van der Waals surface area contributed by atoms with Crippen LogP contribution in [0.1, 0.15) is 49.9 Å². The van der Waals surface area contributed by atoms with E-state index in [0.717, 1.165) is 43.8 Å². The molecule has 1 saturated heterocycles. The highest BCUT2D eigenvalue weighted by Gasteiger charge is 2.29. The quantitative estimate of drug-likeness (QED) is 0.838. The third-order valence-corrected chi connectivity index (χ3v) is 4.61. The molecule has 112 valence electrons. The Kier molecular flexibility index (Phi) is 4.12. The molecule has 21 heavy (non-hydrogen) atoms. The molecule has 0 spiro atoms. The SMILES string of the molecule is CCC1COC(C)CN1c1nc2c(cc1C#N)CCCC2. The summed E-state index contributed by atoms with van der Waals surface area (Å²) in [5.41, 5.74) is 3.20. The Balaban J connectivity index is 2.01. The van der Waals surface area contributed by atoms with Crippen LogP contribution < -0.4 is 4.90 Å². The molecular formula is C17H23N3O. The molecule has 0 aromatic carbocycles. The predicted octanol–water partition coefficient (Wildman–Crippen LogP) is 2.84. The highest BCUT2D eigenvalue weighted by molar-refractivity contribution is 5.57. The van der Waals surface area contributed by atoms with Gasteiger partial charge in [0.1, 0.15) is 11.9 Å². The summed E-state index contributed by atoms with van der Waals surface area (Å²) in [6, 6.07) is 4.75. The first-order chi connectivity index (χ1) is 10.2. The second kappa shape index (κ2) is 6.03. The van der Waals surface area contributed by atoms with Gasteiger partial charge in [0.15, 0.2) is 0 Å². The molecule has 3 rings (SSSR count). The zero-order chi connectivity index (χ0) is 14.8. The number of hydrogen-bond donors (Lipinski definition) is 0. The number of ether oxygens (including phenoxy) is 1. The number of anilines is 1. The number of fused-ring (bicyclic) bond motifs is 1. The average molecular weight is 285 g/mol. The third-order valence-electron chi connectivity index (χ3n) is 4.61. The molecule has 2 heterocycles. The minimum absolute atomic E-state index is 0.192. The van der Waals surface area contributed by atoms with Gasteiger partial charge < -0.3 is 9.64 Å². The first-order valence-corrected chi connectivity index (χ1v) is 8.04. The van der Waals surface area contributed by atoms with Gasteiger partial charge in [-0.15, -0.1) is 0 Å². The third kappa shape index (κ3) is 2.75. The maximum Gasteiger partial charge on any atom is 0.147 e. The van der Waals surface area contributed by atoms with Crippen molar-refractivity contribution in [3.63, 3.8) is 0 Å². The van der Waals surface area contributed by atoms with Crippen LogP contribution in [0, 0.1) is 11.3 Å². The van der Waals surface area contributed by atoms with Gasteiger partial charge in [-0.05, 0) is 50.7 Å². The normalized spacial score (nSPS) is 25.3. The Bertz CT molecular complexity index is 564. The second-order valence-corrected chi connectivity index (χ2v) is 6.14. The zero-order valence-electron chi connectivity index (χ0n) is 12.9. The van der Waals surface area contributed by atoms with Crippen LogP contribution in [0.25, 0.3) is 0 Å². The highest BCUT2D eigenvalue weighted by atomic mass is 16.5. The van der Waals surface area contributed by atoms with Crippen LogP contribution in [0.4, 0.5) is 5.82 Å². The summed E-state index contributed by atoms with van der Waals surface area (Å²) in [6.07, 6.45) is 5.74. The van der Waals surface area contributed by atoms with E-state index in [1.54, 1.807) is 0 Å². The topological polar surface area (TPSA) is 49.1 Å². The van der Waals surface area contributed by atoms with Gasteiger partial charge in [0.25, 0.3) is 0 Å². The Morgan fingerprint density at radius 3 is 3.00 bits per heavy atom. The van der Waals surface area contributed by atoms with E-state index < -0.39 is 0 Å². The molecule has 1 aromatic heterocycles. The number of hydrogen-bond acceptors (Lipinski definition) is 4. The molecule has 1 fully saturated rings. The summed E-state index contributed by atoms with van der Waals surface area (Å²) in [5, 5.41) is 9.53. The van der Waals surface area contributed by atoms with Crippen molar-refractivity contribution in [3.05, 3.63) is 22.9 Å². The van der Waals surface area contributed by atoms with Crippen molar-refractivity contribution in [1.82, 2.24) is 4.98 Å². The second-order valence-electron chi connectivity index (χ2n) is 6.14. The number of aromatic nitrogens is 1. The molecule has 0 bridgehead atoms. The summed E-state index contributed by atoms with van der Waals surface area (Å²) in [7, 11) is 0. The first-order valence-electron chi connectivity index (χ1n) is 8.04. The number of nitrogens with zero attached hydrogens (tertiary/aromatic N) is 3. The minimum atomic E-state index is 0.192. The maximum atomic E-state index is 9.53. The summed E-state index contributed by atoms with van der Waals surface area (Å²) in [6.45, 7) is 5.80. The maximum absolute atomic E-state index is 9.53. The standard InChI is InChI=1S/C17H23N3O/c1-3-15-11-21-12(2)10-20(15)17-14(9-18)8-13-6-4-5-7-16(13)19-17/h8,12,15H,3-7,10-11H2,1-2H3. The van der Waals surface area contributed by atoms with Gasteiger partial charge in [-0.2, -0.15) is 5.26 Å². The molecule has 0 radical (unpaired) electrons. The van der Waals surface area contributed by atoms with E-state index in [1.165, 1.54) is 24.1 Å². The van der Waals surface area contributed by atoms with E-state index in [-0.39, 0.29) is 6.10 Å². The summed E-state index contributed by atoms with van der Waals surface area (Å²) in [4.78, 5) is 7.18. The molecule has 0 saturated carbocycles. The molecule has 2 unspecified atom stereocenters. The van der Waals surface area contributed by atoms with E-state index in [4.69, 9.17) is 9.72 Å². The van der Waals surface area contributed by atoms with Crippen LogP contribution in [0.5, 0.6) is 0 Å². The molecule has 1 aromatic rings. The van der Waals surface area contributed by atoms with Crippen molar-refractivity contribution < 1.29 is 4.74 Å². The predicted molar refractivity (Wildman–Crippen MR) is 82.4 cm³/mol. The van der Waals surface area contributed by atoms with Crippen LogP contribution in [0.3, 0.4) is 0 Å². The number of aryl methyl sites for hydroxylation is 2. The number of morpholine rings is 1. The summed E-state index contributed by atoms with van der Waals surface area (Å²) >= 11 is 0.